The molecular formula is C14H18O4. The molecule has 0 aliphatic heterocycles. The SMILES string of the molecule is COc1cccc(C2(C(=O)O)CC2)c1OC(C)C. The maximum atomic E-state index is 11.4. The summed E-state index contributed by atoms with van der Waals surface area (Å²) in [6, 6.07) is 5.42. The van der Waals surface area contributed by atoms with E-state index in [0.717, 1.165) is 5.56 Å². The van der Waals surface area contributed by atoms with Gasteiger partial charge in [0.1, 0.15) is 0 Å². The second-order valence-electron chi connectivity index (χ2n) is 4.89. The third-order valence-corrected chi connectivity index (χ3v) is 3.23. The molecule has 0 amide bonds. The lowest BCUT2D eigenvalue weighted by atomic mass is 9.94. The van der Waals surface area contributed by atoms with Gasteiger partial charge in [0.15, 0.2) is 11.5 Å². The van der Waals surface area contributed by atoms with Crippen LogP contribution in [0.3, 0.4) is 0 Å². The minimum Gasteiger partial charge on any atom is -0.493 e. The maximum absolute atomic E-state index is 11.4. The van der Waals surface area contributed by atoms with E-state index in [9.17, 15) is 9.90 Å². The van der Waals surface area contributed by atoms with Crippen LogP contribution in [0.25, 0.3) is 0 Å². The number of hydrogen-bond donors (Lipinski definition) is 1. The number of rotatable bonds is 5. The van der Waals surface area contributed by atoms with Crippen LogP contribution in [-0.4, -0.2) is 24.3 Å². The second-order valence-corrected chi connectivity index (χ2v) is 4.89. The Kier molecular flexibility index (Phi) is 3.20. The van der Waals surface area contributed by atoms with E-state index in [2.05, 4.69) is 0 Å². The Bertz CT molecular complexity index is 461. The van der Waals surface area contributed by atoms with Gasteiger partial charge in [-0.15, -0.1) is 0 Å². The molecule has 0 atom stereocenters. The van der Waals surface area contributed by atoms with E-state index in [0.29, 0.717) is 24.3 Å². The molecule has 1 aliphatic rings. The lowest BCUT2D eigenvalue weighted by Gasteiger charge is -2.20. The summed E-state index contributed by atoms with van der Waals surface area (Å²) in [6.07, 6.45) is 1.29. The van der Waals surface area contributed by atoms with Gasteiger partial charge in [-0.05, 0) is 32.8 Å². The van der Waals surface area contributed by atoms with Crippen LogP contribution in [0.5, 0.6) is 11.5 Å². The van der Waals surface area contributed by atoms with Crippen LogP contribution >= 0.6 is 0 Å². The number of carboxylic acids is 1. The molecule has 1 aliphatic carbocycles. The number of methoxy groups -OCH3 is 1. The van der Waals surface area contributed by atoms with Gasteiger partial charge in [-0.3, -0.25) is 4.79 Å². The minimum absolute atomic E-state index is 0.0235. The van der Waals surface area contributed by atoms with Gasteiger partial charge in [-0.1, -0.05) is 12.1 Å². The van der Waals surface area contributed by atoms with Gasteiger partial charge in [0.2, 0.25) is 0 Å². The Labute approximate surface area is 107 Å². The van der Waals surface area contributed by atoms with Crippen LogP contribution in [0.1, 0.15) is 32.3 Å². The number of hydrogen-bond acceptors (Lipinski definition) is 3. The van der Waals surface area contributed by atoms with Gasteiger partial charge in [0, 0.05) is 5.56 Å². The lowest BCUT2D eigenvalue weighted by molar-refractivity contribution is -0.140. The zero-order valence-electron chi connectivity index (χ0n) is 10.9. The number of aliphatic carboxylic acids is 1. The highest BCUT2D eigenvalue weighted by Crippen LogP contribution is 2.53. The molecule has 98 valence electrons. The number of carboxylic acid groups (broad SMARTS) is 1. The number of benzene rings is 1. The molecule has 1 fully saturated rings. The fourth-order valence-electron chi connectivity index (χ4n) is 2.13. The van der Waals surface area contributed by atoms with Crippen LogP contribution < -0.4 is 9.47 Å². The van der Waals surface area contributed by atoms with Crippen molar-refractivity contribution in [2.45, 2.75) is 38.2 Å². The van der Waals surface area contributed by atoms with E-state index < -0.39 is 11.4 Å². The van der Waals surface area contributed by atoms with Gasteiger partial charge in [0.25, 0.3) is 0 Å². The molecule has 0 spiro atoms. The summed E-state index contributed by atoms with van der Waals surface area (Å²) in [5.41, 5.74) is -0.0540. The Morgan fingerprint density at radius 3 is 2.50 bits per heavy atom. The van der Waals surface area contributed by atoms with Crippen LogP contribution in [0.4, 0.5) is 0 Å². The molecule has 0 saturated heterocycles. The molecule has 1 aromatic carbocycles. The van der Waals surface area contributed by atoms with Gasteiger partial charge in [-0.2, -0.15) is 0 Å². The van der Waals surface area contributed by atoms with Crippen molar-refractivity contribution in [3.05, 3.63) is 23.8 Å². The molecule has 2 rings (SSSR count). The molecule has 0 unspecified atom stereocenters. The molecular weight excluding hydrogens is 232 g/mol. The predicted octanol–water partition coefficient (Wildman–Crippen LogP) is 2.60. The molecule has 1 aromatic rings. The Morgan fingerprint density at radius 1 is 1.39 bits per heavy atom. The third kappa shape index (κ3) is 2.03. The third-order valence-electron chi connectivity index (χ3n) is 3.23. The fraction of sp³-hybridized carbons (Fsp3) is 0.500. The smallest absolute Gasteiger partial charge is 0.314 e. The summed E-state index contributed by atoms with van der Waals surface area (Å²) in [4.78, 5) is 11.4. The standard InChI is InChI=1S/C14H18O4/c1-9(2)18-12-10(5-4-6-11(12)17-3)14(7-8-14)13(15)16/h4-6,9H,7-8H2,1-3H3,(H,15,16). The predicted molar refractivity (Wildman–Crippen MR) is 67.3 cm³/mol. The Morgan fingerprint density at radius 2 is 2.06 bits per heavy atom. The van der Waals surface area contributed by atoms with Crippen molar-refractivity contribution >= 4 is 5.97 Å². The van der Waals surface area contributed by atoms with Crippen molar-refractivity contribution in [1.82, 2.24) is 0 Å². The van der Waals surface area contributed by atoms with Crippen LogP contribution in [0, 0.1) is 0 Å². The van der Waals surface area contributed by atoms with Crippen LogP contribution in [-0.2, 0) is 10.2 Å². The van der Waals surface area contributed by atoms with Gasteiger partial charge in [-0.25, -0.2) is 0 Å². The summed E-state index contributed by atoms with van der Waals surface area (Å²) in [7, 11) is 1.56. The molecule has 4 heteroatoms. The lowest BCUT2D eigenvalue weighted by Crippen LogP contribution is -2.21. The Balaban J connectivity index is 2.50. The highest BCUT2D eigenvalue weighted by molar-refractivity contribution is 5.86. The fourth-order valence-corrected chi connectivity index (χ4v) is 2.13. The van der Waals surface area contributed by atoms with Crippen molar-refractivity contribution in [3.63, 3.8) is 0 Å². The summed E-state index contributed by atoms with van der Waals surface area (Å²) < 4.78 is 11.0. The van der Waals surface area contributed by atoms with Gasteiger partial charge < -0.3 is 14.6 Å². The molecule has 1 N–H and O–H groups in total. The largest absolute Gasteiger partial charge is 0.493 e. The van der Waals surface area contributed by atoms with E-state index in [1.54, 1.807) is 13.2 Å². The van der Waals surface area contributed by atoms with E-state index >= 15 is 0 Å². The monoisotopic (exact) mass is 250 g/mol. The second kappa shape index (κ2) is 4.52. The first kappa shape index (κ1) is 12.7. The molecule has 0 bridgehead atoms. The van der Waals surface area contributed by atoms with Crippen molar-refractivity contribution < 1.29 is 19.4 Å². The minimum atomic E-state index is -0.788. The average Bonchev–Trinajstić information content (AvgIpc) is 3.09. The topological polar surface area (TPSA) is 55.8 Å². The first-order valence-corrected chi connectivity index (χ1v) is 6.09. The average molecular weight is 250 g/mol. The summed E-state index contributed by atoms with van der Waals surface area (Å²) in [5.74, 6) is 0.369. The van der Waals surface area contributed by atoms with Crippen molar-refractivity contribution in [3.8, 4) is 11.5 Å². The summed E-state index contributed by atoms with van der Waals surface area (Å²) in [6.45, 7) is 3.83. The summed E-state index contributed by atoms with van der Waals surface area (Å²) >= 11 is 0. The molecule has 0 heterocycles. The zero-order chi connectivity index (χ0) is 13.3. The van der Waals surface area contributed by atoms with Gasteiger partial charge >= 0.3 is 5.97 Å². The maximum Gasteiger partial charge on any atom is 0.314 e. The molecule has 18 heavy (non-hydrogen) atoms. The normalized spacial score (nSPS) is 16.4. The van der Waals surface area contributed by atoms with Crippen molar-refractivity contribution in [2.75, 3.05) is 7.11 Å². The number of para-hydroxylation sites is 1. The first-order valence-electron chi connectivity index (χ1n) is 6.09. The Hall–Kier alpha value is -1.71. The number of ether oxygens (including phenoxy) is 2. The highest BCUT2D eigenvalue weighted by Gasteiger charge is 2.53. The van der Waals surface area contributed by atoms with E-state index in [4.69, 9.17) is 9.47 Å². The molecule has 4 nitrogen and oxygen atoms in total. The first-order chi connectivity index (χ1) is 8.51. The summed E-state index contributed by atoms with van der Waals surface area (Å²) in [5, 5.41) is 9.38. The number of carbonyl (C=O) groups is 1. The van der Waals surface area contributed by atoms with Crippen LogP contribution in [0.2, 0.25) is 0 Å². The van der Waals surface area contributed by atoms with Gasteiger partial charge in [0.05, 0.1) is 18.6 Å². The molecule has 0 aromatic heterocycles. The van der Waals surface area contributed by atoms with E-state index in [1.807, 2.05) is 26.0 Å². The van der Waals surface area contributed by atoms with Crippen LogP contribution in [0.15, 0.2) is 18.2 Å². The molecule has 1 saturated carbocycles. The van der Waals surface area contributed by atoms with Crippen molar-refractivity contribution in [2.24, 2.45) is 0 Å². The highest BCUT2D eigenvalue weighted by atomic mass is 16.5. The van der Waals surface area contributed by atoms with Crippen molar-refractivity contribution in [1.29, 1.82) is 0 Å². The molecule has 0 radical (unpaired) electrons. The zero-order valence-corrected chi connectivity index (χ0v) is 10.9. The quantitative estimate of drug-likeness (QED) is 0.872. The van der Waals surface area contributed by atoms with E-state index in [-0.39, 0.29) is 6.10 Å². The van der Waals surface area contributed by atoms with E-state index in [1.165, 1.54) is 0 Å².